The standard InChI is InChI=1S/C20H18FNO4/c1-13-3-9-18(24-2)17(11-13)22-20(23)19-10-8-16(26-19)12-25-15-6-4-14(21)5-7-15/h3-11H,12H2,1-2H3,(H,22,23). The lowest BCUT2D eigenvalue weighted by Crippen LogP contribution is -2.12. The van der Waals surface area contributed by atoms with Crippen LogP contribution in [0.5, 0.6) is 11.5 Å². The van der Waals surface area contributed by atoms with Gasteiger partial charge < -0.3 is 19.2 Å². The molecule has 0 aliphatic carbocycles. The largest absolute Gasteiger partial charge is 0.495 e. The smallest absolute Gasteiger partial charge is 0.291 e. The maximum absolute atomic E-state index is 12.9. The fraction of sp³-hybridized carbons (Fsp3) is 0.150. The van der Waals surface area contributed by atoms with Crippen molar-refractivity contribution >= 4 is 11.6 Å². The van der Waals surface area contributed by atoms with E-state index in [1.54, 1.807) is 18.2 Å². The minimum Gasteiger partial charge on any atom is -0.495 e. The van der Waals surface area contributed by atoms with Crippen LogP contribution in [0.2, 0.25) is 0 Å². The van der Waals surface area contributed by atoms with E-state index in [1.165, 1.54) is 31.4 Å². The summed E-state index contributed by atoms with van der Waals surface area (Å²) in [5.41, 5.74) is 1.56. The van der Waals surface area contributed by atoms with E-state index in [4.69, 9.17) is 13.9 Å². The Morgan fingerprint density at radius 2 is 1.88 bits per heavy atom. The van der Waals surface area contributed by atoms with Gasteiger partial charge in [-0.25, -0.2) is 4.39 Å². The van der Waals surface area contributed by atoms with Gasteiger partial charge in [-0.1, -0.05) is 6.07 Å². The van der Waals surface area contributed by atoms with Crippen LogP contribution in [-0.4, -0.2) is 13.0 Å². The second kappa shape index (κ2) is 7.74. The fourth-order valence-electron chi connectivity index (χ4n) is 2.37. The molecule has 0 spiro atoms. The molecule has 1 amide bonds. The van der Waals surface area contributed by atoms with Crippen molar-refractivity contribution in [3.63, 3.8) is 0 Å². The summed E-state index contributed by atoms with van der Waals surface area (Å²) in [6, 6.07) is 14.4. The zero-order chi connectivity index (χ0) is 18.5. The second-order valence-corrected chi connectivity index (χ2v) is 5.67. The number of amides is 1. The lowest BCUT2D eigenvalue weighted by molar-refractivity contribution is 0.0992. The van der Waals surface area contributed by atoms with E-state index in [2.05, 4.69) is 5.32 Å². The summed E-state index contributed by atoms with van der Waals surface area (Å²) >= 11 is 0. The number of anilines is 1. The number of benzene rings is 2. The summed E-state index contributed by atoms with van der Waals surface area (Å²) in [5, 5.41) is 2.77. The Labute approximate surface area is 150 Å². The first-order chi connectivity index (χ1) is 12.5. The molecule has 1 aromatic heterocycles. The topological polar surface area (TPSA) is 60.7 Å². The Balaban J connectivity index is 1.64. The van der Waals surface area contributed by atoms with E-state index in [0.717, 1.165) is 5.56 Å². The summed E-state index contributed by atoms with van der Waals surface area (Å²) in [6.07, 6.45) is 0. The molecule has 26 heavy (non-hydrogen) atoms. The average Bonchev–Trinajstić information content (AvgIpc) is 3.11. The summed E-state index contributed by atoms with van der Waals surface area (Å²) < 4.78 is 29.1. The third-order valence-corrected chi connectivity index (χ3v) is 3.68. The first-order valence-electron chi connectivity index (χ1n) is 7.98. The van der Waals surface area contributed by atoms with Crippen molar-refractivity contribution < 1.29 is 23.1 Å². The number of furan rings is 1. The van der Waals surface area contributed by atoms with Gasteiger partial charge in [0.05, 0.1) is 12.8 Å². The number of methoxy groups -OCH3 is 1. The Hall–Kier alpha value is -3.28. The Kier molecular flexibility index (Phi) is 5.22. The molecule has 1 N–H and O–H groups in total. The first kappa shape index (κ1) is 17.5. The summed E-state index contributed by atoms with van der Waals surface area (Å²) in [6.45, 7) is 2.06. The SMILES string of the molecule is COc1ccc(C)cc1NC(=O)c1ccc(COc2ccc(F)cc2)o1. The number of hydrogen-bond acceptors (Lipinski definition) is 4. The maximum atomic E-state index is 12.9. The van der Waals surface area contributed by atoms with Gasteiger partial charge in [0.15, 0.2) is 5.76 Å². The average molecular weight is 355 g/mol. The number of rotatable bonds is 6. The van der Waals surface area contributed by atoms with Crippen molar-refractivity contribution in [1.82, 2.24) is 0 Å². The molecule has 5 nitrogen and oxygen atoms in total. The molecule has 0 aliphatic rings. The number of hydrogen-bond donors (Lipinski definition) is 1. The molecule has 0 bridgehead atoms. The van der Waals surface area contributed by atoms with Crippen molar-refractivity contribution in [3.8, 4) is 11.5 Å². The number of halogens is 1. The van der Waals surface area contributed by atoms with Crippen molar-refractivity contribution in [2.45, 2.75) is 13.5 Å². The van der Waals surface area contributed by atoms with Gasteiger partial charge in [-0.2, -0.15) is 0 Å². The first-order valence-corrected chi connectivity index (χ1v) is 7.98. The quantitative estimate of drug-likeness (QED) is 0.704. The Morgan fingerprint density at radius 1 is 1.12 bits per heavy atom. The summed E-state index contributed by atoms with van der Waals surface area (Å²) in [4.78, 5) is 12.4. The highest BCUT2D eigenvalue weighted by Crippen LogP contribution is 2.26. The predicted molar refractivity (Wildman–Crippen MR) is 95.1 cm³/mol. The van der Waals surface area contributed by atoms with Crippen LogP contribution in [-0.2, 0) is 6.61 Å². The summed E-state index contributed by atoms with van der Waals surface area (Å²) in [5.74, 6) is 0.999. The molecule has 0 unspecified atom stereocenters. The molecule has 3 rings (SSSR count). The molecule has 0 saturated carbocycles. The van der Waals surface area contributed by atoms with E-state index in [1.807, 2.05) is 19.1 Å². The molecule has 0 aliphatic heterocycles. The number of nitrogens with one attached hydrogen (secondary N) is 1. The number of carbonyl (C=O) groups is 1. The molecular formula is C20H18FNO4. The number of carbonyl (C=O) groups excluding carboxylic acids is 1. The van der Waals surface area contributed by atoms with Crippen LogP contribution >= 0.6 is 0 Å². The van der Waals surface area contributed by atoms with Crippen molar-refractivity contribution in [1.29, 1.82) is 0 Å². The molecule has 6 heteroatoms. The number of ether oxygens (including phenoxy) is 2. The zero-order valence-electron chi connectivity index (χ0n) is 14.4. The van der Waals surface area contributed by atoms with E-state index in [0.29, 0.717) is 22.9 Å². The van der Waals surface area contributed by atoms with E-state index >= 15 is 0 Å². The van der Waals surface area contributed by atoms with Gasteiger partial charge in [0.2, 0.25) is 0 Å². The Morgan fingerprint density at radius 3 is 2.62 bits per heavy atom. The highest BCUT2D eigenvalue weighted by Gasteiger charge is 2.14. The zero-order valence-corrected chi connectivity index (χ0v) is 14.4. The Bertz CT molecular complexity index is 902. The molecular weight excluding hydrogens is 337 g/mol. The molecule has 1 heterocycles. The van der Waals surface area contributed by atoms with Gasteiger partial charge in [0.1, 0.15) is 29.7 Å². The maximum Gasteiger partial charge on any atom is 0.291 e. The molecule has 3 aromatic rings. The van der Waals surface area contributed by atoms with Crippen molar-refractivity contribution in [3.05, 3.63) is 77.5 Å². The van der Waals surface area contributed by atoms with Crippen molar-refractivity contribution in [2.75, 3.05) is 12.4 Å². The van der Waals surface area contributed by atoms with Crippen LogP contribution in [0.15, 0.2) is 59.0 Å². The highest BCUT2D eigenvalue weighted by molar-refractivity contribution is 6.03. The normalized spacial score (nSPS) is 10.4. The lowest BCUT2D eigenvalue weighted by Gasteiger charge is -2.10. The number of aryl methyl sites for hydroxylation is 1. The third-order valence-electron chi connectivity index (χ3n) is 3.68. The van der Waals surface area contributed by atoms with Crippen LogP contribution in [0.25, 0.3) is 0 Å². The van der Waals surface area contributed by atoms with Crippen molar-refractivity contribution in [2.24, 2.45) is 0 Å². The van der Waals surface area contributed by atoms with Gasteiger partial charge in [0, 0.05) is 0 Å². The minimum atomic E-state index is -0.387. The van der Waals surface area contributed by atoms with Gasteiger partial charge in [0.25, 0.3) is 5.91 Å². The van der Waals surface area contributed by atoms with Crippen LogP contribution in [0.4, 0.5) is 10.1 Å². The van der Waals surface area contributed by atoms with Gasteiger partial charge >= 0.3 is 0 Å². The van der Waals surface area contributed by atoms with Crippen LogP contribution in [0, 0.1) is 12.7 Å². The minimum absolute atomic E-state index is 0.132. The van der Waals surface area contributed by atoms with E-state index in [9.17, 15) is 9.18 Å². The van der Waals surface area contributed by atoms with E-state index < -0.39 is 0 Å². The second-order valence-electron chi connectivity index (χ2n) is 5.67. The van der Waals surface area contributed by atoms with E-state index in [-0.39, 0.29) is 24.1 Å². The molecule has 0 saturated heterocycles. The lowest BCUT2D eigenvalue weighted by atomic mass is 10.2. The van der Waals surface area contributed by atoms with Gasteiger partial charge in [-0.3, -0.25) is 4.79 Å². The highest BCUT2D eigenvalue weighted by atomic mass is 19.1. The molecule has 0 radical (unpaired) electrons. The predicted octanol–water partition coefficient (Wildman–Crippen LogP) is 4.57. The fourth-order valence-corrected chi connectivity index (χ4v) is 2.37. The molecule has 0 atom stereocenters. The van der Waals surface area contributed by atoms with Crippen LogP contribution in [0.3, 0.4) is 0 Å². The van der Waals surface area contributed by atoms with Crippen LogP contribution in [0.1, 0.15) is 21.9 Å². The third kappa shape index (κ3) is 4.22. The summed E-state index contributed by atoms with van der Waals surface area (Å²) in [7, 11) is 1.54. The molecule has 2 aromatic carbocycles. The van der Waals surface area contributed by atoms with Gasteiger partial charge in [-0.05, 0) is 61.0 Å². The van der Waals surface area contributed by atoms with Gasteiger partial charge in [-0.15, -0.1) is 0 Å². The monoisotopic (exact) mass is 355 g/mol. The van der Waals surface area contributed by atoms with Crippen LogP contribution < -0.4 is 14.8 Å². The molecule has 134 valence electrons. The molecule has 0 fully saturated rings.